The summed E-state index contributed by atoms with van der Waals surface area (Å²) in [6.45, 7) is 22.1. The standard InChI is InChI=1S/C34H56N4O6/c1-15-43-30(41)22(4)19-25(21(2)3)37(13)29(40)26(32(5,6)7)36-28(39)27(38(14)31(42)44-33(8,9)10)34(11,12)23-17-16-18-24(35)20-23/h16-21,25-27H,15,35H2,1-14H3,(H,36,39)/b22-19+. The molecule has 10 nitrogen and oxygen atoms in total. The van der Waals surface area contributed by atoms with Crippen molar-refractivity contribution in [3.05, 3.63) is 41.5 Å². The number of benzene rings is 1. The molecule has 0 heterocycles. The molecule has 0 fully saturated rings. The van der Waals surface area contributed by atoms with Crippen LogP contribution in [0.2, 0.25) is 0 Å². The van der Waals surface area contributed by atoms with Gasteiger partial charge in [-0.25, -0.2) is 9.59 Å². The lowest BCUT2D eigenvalue weighted by molar-refractivity contribution is -0.142. The smallest absolute Gasteiger partial charge is 0.410 e. The molecule has 44 heavy (non-hydrogen) atoms. The van der Waals surface area contributed by atoms with E-state index in [-0.39, 0.29) is 18.4 Å². The molecule has 0 aliphatic rings. The molecule has 0 saturated carbocycles. The van der Waals surface area contributed by atoms with Crippen molar-refractivity contribution >= 4 is 29.6 Å². The molecule has 1 rings (SSSR count). The number of anilines is 1. The Labute approximate surface area is 264 Å². The fourth-order valence-corrected chi connectivity index (χ4v) is 5.07. The third-order valence-electron chi connectivity index (χ3n) is 7.53. The highest BCUT2D eigenvalue weighted by atomic mass is 16.6. The Bertz CT molecular complexity index is 1210. The Morgan fingerprint density at radius 3 is 2.00 bits per heavy atom. The van der Waals surface area contributed by atoms with Gasteiger partial charge in [-0.1, -0.05) is 66.7 Å². The van der Waals surface area contributed by atoms with E-state index in [0.29, 0.717) is 11.3 Å². The molecule has 3 atom stereocenters. The van der Waals surface area contributed by atoms with Crippen molar-refractivity contribution < 1.29 is 28.7 Å². The number of nitrogen functional groups attached to an aromatic ring is 1. The van der Waals surface area contributed by atoms with Crippen molar-refractivity contribution in [2.75, 3.05) is 26.4 Å². The number of carbonyl (C=O) groups excluding carboxylic acids is 4. The topological polar surface area (TPSA) is 131 Å². The lowest BCUT2D eigenvalue weighted by Gasteiger charge is -2.42. The van der Waals surface area contributed by atoms with E-state index < -0.39 is 52.5 Å². The summed E-state index contributed by atoms with van der Waals surface area (Å²) in [4.78, 5) is 57.0. The highest BCUT2D eigenvalue weighted by Crippen LogP contribution is 2.33. The van der Waals surface area contributed by atoms with E-state index in [2.05, 4.69) is 5.32 Å². The Balaban J connectivity index is 3.63. The van der Waals surface area contributed by atoms with Gasteiger partial charge in [0.25, 0.3) is 0 Å². The van der Waals surface area contributed by atoms with Crippen molar-refractivity contribution in [2.24, 2.45) is 11.3 Å². The molecule has 0 aromatic heterocycles. The van der Waals surface area contributed by atoms with Crippen molar-refractivity contribution in [1.29, 1.82) is 0 Å². The maximum Gasteiger partial charge on any atom is 0.410 e. The van der Waals surface area contributed by atoms with Gasteiger partial charge in [-0.2, -0.15) is 0 Å². The number of nitrogens with zero attached hydrogens (tertiary/aromatic N) is 2. The monoisotopic (exact) mass is 616 g/mol. The number of amides is 3. The van der Waals surface area contributed by atoms with Gasteiger partial charge in [0, 0.05) is 30.8 Å². The molecule has 0 aliphatic heterocycles. The zero-order chi connectivity index (χ0) is 34.4. The predicted octanol–water partition coefficient (Wildman–Crippen LogP) is 5.31. The largest absolute Gasteiger partial charge is 0.463 e. The molecule has 0 spiro atoms. The minimum Gasteiger partial charge on any atom is -0.463 e. The SMILES string of the molecule is CCOC(=O)/C(C)=C/C(C(C)C)N(C)C(=O)C(NC(=O)C(N(C)C(=O)OC(C)(C)C)C(C)(C)c1cccc(N)c1)C(C)(C)C. The first-order valence-electron chi connectivity index (χ1n) is 15.2. The number of nitrogens with one attached hydrogen (secondary N) is 1. The van der Waals surface area contributed by atoms with Crippen LogP contribution in [0.15, 0.2) is 35.9 Å². The molecule has 0 saturated heterocycles. The zero-order valence-electron chi connectivity index (χ0n) is 29.3. The number of nitrogens with two attached hydrogens (primary N) is 1. The van der Waals surface area contributed by atoms with Crippen LogP contribution in [0.25, 0.3) is 0 Å². The van der Waals surface area contributed by atoms with E-state index in [1.807, 2.05) is 54.5 Å². The molecule has 3 amide bonds. The Hall–Kier alpha value is -3.56. The summed E-state index contributed by atoms with van der Waals surface area (Å²) in [5, 5.41) is 2.99. The summed E-state index contributed by atoms with van der Waals surface area (Å²) in [6, 6.07) is 4.68. The van der Waals surface area contributed by atoms with E-state index in [9.17, 15) is 19.2 Å². The lowest BCUT2D eigenvalue weighted by Crippen LogP contribution is -2.63. The van der Waals surface area contributed by atoms with Crippen LogP contribution in [0.5, 0.6) is 0 Å². The zero-order valence-corrected chi connectivity index (χ0v) is 29.3. The number of rotatable bonds is 11. The molecule has 0 aliphatic carbocycles. The quantitative estimate of drug-likeness (QED) is 0.196. The summed E-state index contributed by atoms with van der Waals surface area (Å²) in [5.74, 6) is -1.35. The van der Waals surface area contributed by atoms with Crippen molar-refractivity contribution in [2.45, 2.75) is 112 Å². The van der Waals surface area contributed by atoms with Gasteiger partial charge in [0.15, 0.2) is 0 Å². The summed E-state index contributed by atoms with van der Waals surface area (Å²) < 4.78 is 10.8. The third kappa shape index (κ3) is 10.3. The summed E-state index contributed by atoms with van der Waals surface area (Å²) in [5.41, 5.74) is 5.30. The molecule has 0 radical (unpaired) electrons. The van der Waals surface area contributed by atoms with E-state index >= 15 is 0 Å². The highest BCUT2D eigenvalue weighted by Gasteiger charge is 2.46. The summed E-state index contributed by atoms with van der Waals surface area (Å²) >= 11 is 0. The molecule has 0 bridgehead atoms. The molecular formula is C34H56N4O6. The van der Waals surface area contributed by atoms with Crippen molar-refractivity contribution in [3.63, 3.8) is 0 Å². The van der Waals surface area contributed by atoms with E-state index in [1.165, 1.54) is 11.9 Å². The average molecular weight is 617 g/mol. The Morgan fingerprint density at radius 2 is 1.55 bits per heavy atom. The number of likely N-dealkylation sites (N-methyl/N-ethyl adjacent to an activating group) is 2. The molecule has 3 N–H and O–H groups in total. The van der Waals surface area contributed by atoms with Crippen LogP contribution in [0.1, 0.15) is 88.6 Å². The molecule has 10 heteroatoms. The lowest BCUT2D eigenvalue weighted by atomic mass is 9.76. The second-order valence-corrected chi connectivity index (χ2v) is 14.4. The van der Waals surface area contributed by atoms with Crippen LogP contribution in [-0.4, -0.2) is 78.1 Å². The number of carbonyl (C=O) groups is 4. The van der Waals surface area contributed by atoms with Gasteiger partial charge in [-0.15, -0.1) is 0 Å². The average Bonchev–Trinajstić information content (AvgIpc) is 2.87. The van der Waals surface area contributed by atoms with Crippen LogP contribution in [-0.2, 0) is 29.3 Å². The van der Waals surface area contributed by atoms with Crippen LogP contribution in [0, 0.1) is 11.3 Å². The van der Waals surface area contributed by atoms with Crippen LogP contribution in [0.3, 0.4) is 0 Å². The van der Waals surface area contributed by atoms with Gasteiger partial charge in [0.2, 0.25) is 11.8 Å². The van der Waals surface area contributed by atoms with E-state index in [4.69, 9.17) is 15.2 Å². The van der Waals surface area contributed by atoms with Crippen LogP contribution < -0.4 is 11.1 Å². The van der Waals surface area contributed by atoms with E-state index in [0.717, 1.165) is 5.56 Å². The van der Waals surface area contributed by atoms with Crippen molar-refractivity contribution in [3.8, 4) is 0 Å². The third-order valence-corrected chi connectivity index (χ3v) is 7.53. The van der Waals surface area contributed by atoms with Gasteiger partial charge in [0.05, 0.1) is 12.6 Å². The molecule has 1 aromatic carbocycles. The predicted molar refractivity (Wildman–Crippen MR) is 175 cm³/mol. The molecular weight excluding hydrogens is 560 g/mol. The summed E-state index contributed by atoms with van der Waals surface area (Å²) in [7, 11) is 3.18. The van der Waals surface area contributed by atoms with E-state index in [1.54, 1.807) is 70.8 Å². The van der Waals surface area contributed by atoms with Gasteiger partial charge < -0.3 is 25.4 Å². The fourth-order valence-electron chi connectivity index (χ4n) is 5.07. The molecule has 1 aromatic rings. The van der Waals surface area contributed by atoms with Gasteiger partial charge >= 0.3 is 12.1 Å². The number of ether oxygens (including phenoxy) is 2. The van der Waals surface area contributed by atoms with Crippen LogP contribution in [0.4, 0.5) is 10.5 Å². The normalized spacial score (nSPS) is 14.8. The van der Waals surface area contributed by atoms with Crippen LogP contribution >= 0.6 is 0 Å². The number of esters is 1. The first-order chi connectivity index (χ1) is 19.9. The Kier molecular flexibility index (Phi) is 13.1. The highest BCUT2D eigenvalue weighted by molar-refractivity contribution is 5.93. The minimum atomic E-state index is -1.08. The second-order valence-electron chi connectivity index (χ2n) is 14.4. The fraction of sp³-hybridized carbons (Fsp3) is 0.647. The molecule has 248 valence electrons. The van der Waals surface area contributed by atoms with Crippen molar-refractivity contribution in [1.82, 2.24) is 15.1 Å². The van der Waals surface area contributed by atoms with Gasteiger partial charge in [-0.05, 0) is 63.6 Å². The maximum absolute atomic E-state index is 14.4. The maximum atomic E-state index is 14.4. The molecule has 3 unspecified atom stereocenters. The first kappa shape index (κ1) is 38.5. The van der Waals surface area contributed by atoms with Gasteiger partial charge in [-0.3, -0.25) is 14.5 Å². The second kappa shape index (κ2) is 14.9. The number of hydrogen-bond acceptors (Lipinski definition) is 7. The first-order valence-corrected chi connectivity index (χ1v) is 15.2. The summed E-state index contributed by atoms with van der Waals surface area (Å²) in [6.07, 6.45) is 1.05. The number of hydrogen-bond donors (Lipinski definition) is 2. The minimum absolute atomic E-state index is 0.0434. The van der Waals surface area contributed by atoms with Gasteiger partial charge in [0.1, 0.15) is 17.7 Å². The Morgan fingerprint density at radius 1 is 0.977 bits per heavy atom.